The molecule has 1 aromatic carbocycles. The second kappa shape index (κ2) is 7.10. The van der Waals surface area contributed by atoms with Crippen molar-refractivity contribution in [3.8, 4) is 0 Å². The monoisotopic (exact) mass is 385 g/mol. The summed E-state index contributed by atoms with van der Waals surface area (Å²) in [6.07, 6.45) is 3.16. The minimum absolute atomic E-state index is 0.143. The van der Waals surface area contributed by atoms with Gasteiger partial charge in [-0.3, -0.25) is 14.6 Å². The maximum Gasteiger partial charge on any atom is 0.291 e. The smallest absolute Gasteiger partial charge is 0.291 e. The first-order valence-corrected chi connectivity index (χ1v) is 7.80. The zero-order valence-electron chi connectivity index (χ0n) is 12.3. The van der Waals surface area contributed by atoms with Crippen molar-refractivity contribution in [2.75, 3.05) is 10.6 Å². The molecule has 0 spiro atoms. The highest BCUT2D eigenvalue weighted by molar-refractivity contribution is 9.10. The Hall–Kier alpha value is -2.93. The van der Waals surface area contributed by atoms with Crippen molar-refractivity contribution in [3.63, 3.8) is 0 Å². The first-order valence-electron chi connectivity index (χ1n) is 7.00. The van der Waals surface area contributed by atoms with Crippen LogP contribution in [0.4, 0.5) is 11.4 Å². The Morgan fingerprint density at radius 3 is 2.50 bits per heavy atom. The van der Waals surface area contributed by atoms with E-state index < -0.39 is 5.91 Å². The summed E-state index contributed by atoms with van der Waals surface area (Å²) in [5, 5.41) is 5.41. The summed E-state index contributed by atoms with van der Waals surface area (Å²) in [5.74, 6) is -0.647. The third kappa shape index (κ3) is 3.69. The van der Waals surface area contributed by atoms with Gasteiger partial charge in [0.2, 0.25) is 0 Å². The van der Waals surface area contributed by atoms with E-state index >= 15 is 0 Å². The standard InChI is InChI=1S/C17H12BrN3O3/c18-15-8-7-14(24-15)17(23)21-13-6-2-1-5-12(13)16(22)20-11-4-3-9-19-10-11/h1-10H,(H,20,22)(H,21,23). The molecule has 0 radical (unpaired) electrons. The van der Waals surface area contributed by atoms with Crippen LogP contribution in [0.3, 0.4) is 0 Å². The van der Waals surface area contributed by atoms with Crippen LogP contribution in [-0.2, 0) is 0 Å². The van der Waals surface area contributed by atoms with Gasteiger partial charge in [0.15, 0.2) is 10.4 Å². The number of pyridine rings is 1. The highest BCUT2D eigenvalue weighted by Gasteiger charge is 2.16. The number of nitrogens with one attached hydrogen (secondary N) is 2. The van der Waals surface area contributed by atoms with E-state index in [2.05, 4.69) is 31.5 Å². The number of hydrogen-bond donors (Lipinski definition) is 2. The van der Waals surface area contributed by atoms with Crippen molar-refractivity contribution in [1.82, 2.24) is 4.98 Å². The van der Waals surface area contributed by atoms with E-state index in [0.717, 1.165) is 0 Å². The first-order chi connectivity index (χ1) is 11.6. The van der Waals surface area contributed by atoms with E-state index in [1.807, 2.05) is 0 Å². The molecule has 0 aliphatic heterocycles. The topological polar surface area (TPSA) is 84.2 Å². The lowest BCUT2D eigenvalue weighted by Gasteiger charge is -2.10. The number of rotatable bonds is 4. The number of benzene rings is 1. The largest absolute Gasteiger partial charge is 0.444 e. The molecular formula is C17H12BrN3O3. The Labute approximate surface area is 146 Å². The van der Waals surface area contributed by atoms with E-state index in [4.69, 9.17) is 4.42 Å². The number of carbonyl (C=O) groups is 2. The number of halogens is 1. The molecule has 2 N–H and O–H groups in total. The summed E-state index contributed by atoms with van der Waals surface area (Å²) < 4.78 is 5.66. The molecule has 0 saturated carbocycles. The van der Waals surface area contributed by atoms with E-state index in [-0.39, 0.29) is 11.7 Å². The lowest BCUT2D eigenvalue weighted by atomic mass is 10.1. The number of hydrogen-bond acceptors (Lipinski definition) is 4. The van der Waals surface area contributed by atoms with Gasteiger partial charge in [0.05, 0.1) is 23.1 Å². The summed E-state index contributed by atoms with van der Waals surface area (Å²) in [4.78, 5) is 28.6. The van der Waals surface area contributed by atoms with Gasteiger partial charge in [-0.15, -0.1) is 0 Å². The van der Waals surface area contributed by atoms with E-state index in [0.29, 0.717) is 21.6 Å². The highest BCUT2D eigenvalue weighted by atomic mass is 79.9. The fourth-order valence-electron chi connectivity index (χ4n) is 2.05. The molecule has 0 bridgehead atoms. The SMILES string of the molecule is O=C(Nc1ccccc1C(=O)Nc1cccnc1)c1ccc(Br)o1. The molecule has 2 heterocycles. The zero-order valence-corrected chi connectivity index (χ0v) is 13.9. The minimum Gasteiger partial charge on any atom is -0.444 e. The summed E-state index contributed by atoms with van der Waals surface area (Å²) in [6.45, 7) is 0. The first kappa shape index (κ1) is 15.9. The van der Waals surface area contributed by atoms with Crippen LogP contribution < -0.4 is 10.6 Å². The van der Waals surface area contributed by atoms with Gasteiger partial charge in [-0.05, 0) is 52.3 Å². The molecule has 3 rings (SSSR count). The van der Waals surface area contributed by atoms with Crippen molar-refractivity contribution in [2.45, 2.75) is 0 Å². The van der Waals surface area contributed by atoms with Crippen molar-refractivity contribution in [1.29, 1.82) is 0 Å². The fourth-order valence-corrected chi connectivity index (χ4v) is 2.35. The minimum atomic E-state index is -0.442. The molecule has 0 saturated heterocycles. The number of aromatic nitrogens is 1. The van der Waals surface area contributed by atoms with E-state index in [1.54, 1.807) is 54.9 Å². The van der Waals surface area contributed by atoms with Crippen LogP contribution >= 0.6 is 15.9 Å². The van der Waals surface area contributed by atoms with Crippen LogP contribution in [0.25, 0.3) is 0 Å². The average molecular weight is 386 g/mol. The van der Waals surface area contributed by atoms with Gasteiger partial charge >= 0.3 is 0 Å². The van der Waals surface area contributed by atoms with Crippen LogP contribution in [-0.4, -0.2) is 16.8 Å². The quantitative estimate of drug-likeness (QED) is 0.712. The highest BCUT2D eigenvalue weighted by Crippen LogP contribution is 2.20. The molecule has 120 valence electrons. The molecule has 2 aromatic heterocycles. The molecule has 0 aliphatic rings. The lowest BCUT2D eigenvalue weighted by molar-refractivity contribution is 0.0995. The van der Waals surface area contributed by atoms with E-state index in [1.165, 1.54) is 6.07 Å². The number of para-hydroxylation sites is 1. The number of nitrogens with zero attached hydrogens (tertiary/aromatic N) is 1. The molecule has 0 fully saturated rings. The molecule has 24 heavy (non-hydrogen) atoms. The van der Waals surface area contributed by atoms with Gasteiger partial charge < -0.3 is 15.1 Å². The molecule has 7 heteroatoms. The predicted octanol–water partition coefficient (Wildman–Crippen LogP) is 3.94. The van der Waals surface area contributed by atoms with Gasteiger partial charge in [0.1, 0.15) is 0 Å². The van der Waals surface area contributed by atoms with Crippen LogP contribution in [0.15, 0.2) is 70.0 Å². The molecule has 0 atom stereocenters. The van der Waals surface area contributed by atoms with Gasteiger partial charge in [-0.1, -0.05) is 12.1 Å². The Bertz CT molecular complexity index is 878. The second-order valence-corrected chi connectivity index (χ2v) is 5.58. The molecule has 3 aromatic rings. The normalized spacial score (nSPS) is 10.2. The fraction of sp³-hybridized carbons (Fsp3) is 0. The Kier molecular flexibility index (Phi) is 4.72. The summed E-state index contributed by atoms with van der Waals surface area (Å²) in [7, 11) is 0. The molecule has 0 aliphatic carbocycles. The van der Waals surface area contributed by atoms with Crippen LogP contribution in [0.5, 0.6) is 0 Å². The van der Waals surface area contributed by atoms with E-state index in [9.17, 15) is 9.59 Å². The van der Waals surface area contributed by atoms with Crippen molar-refractivity contribution >= 4 is 39.1 Å². The maximum atomic E-state index is 12.4. The van der Waals surface area contributed by atoms with Gasteiger partial charge in [0.25, 0.3) is 11.8 Å². The number of carbonyl (C=O) groups excluding carboxylic acids is 2. The average Bonchev–Trinajstić information content (AvgIpc) is 3.03. The van der Waals surface area contributed by atoms with Crippen LogP contribution in [0.1, 0.15) is 20.9 Å². The Morgan fingerprint density at radius 1 is 0.958 bits per heavy atom. The molecule has 6 nitrogen and oxygen atoms in total. The third-order valence-corrected chi connectivity index (χ3v) is 3.56. The molecule has 0 unspecified atom stereocenters. The van der Waals surface area contributed by atoms with Crippen LogP contribution in [0.2, 0.25) is 0 Å². The van der Waals surface area contributed by atoms with Crippen LogP contribution in [0, 0.1) is 0 Å². The second-order valence-electron chi connectivity index (χ2n) is 4.80. The maximum absolute atomic E-state index is 12.4. The zero-order chi connectivity index (χ0) is 16.9. The number of furan rings is 1. The van der Waals surface area contributed by atoms with Crippen molar-refractivity contribution < 1.29 is 14.0 Å². The molecular weight excluding hydrogens is 374 g/mol. The lowest BCUT2D eigenvalue weighted by Crippen LogP contribution is -2.18. The van der Waals surface area contributed by atoms with Gasteiger partial charge in [-0.2, -0.15) is 0 Å². The number of anilines is 2. The predicted molar refractivity (Wildman–Crippen MR) is 93.0 cm³/mol. The van der Waals surface area contributed by atoms with Gasteiger partial charge in [-0.25, -0.2) is 0 Å². The van der Waals surface area contributed by atoms with Crippen molar-refractivity contribution in [2.24, 2.45) is 0 Å². The summed E-state index contributed by atoms with van der Waals surface area (Å²) >= 11 is 3.14. The Morgan fingerprint density at radius 2 is 1.79 bits per heavy atom. The number of amides is 2. The Balaban J connectivity index is 1.80. The summed E-state index contributed by atoms with van der Waals surface area (Å²) in [5.41, 5.74) is 1.29. The third-order valence-electron chi connectivity index (χ3n) is 3.14. The summed E-state index contributed by atoms with van der Waals surface area (Å²) in [6, 6.07) is 13.3. The molecule has 2 amide bonds. The van der Waals surface area contributed by atoms with Gasteiger partial charge in [0, 0.05) is 6.20 Å². The van der Waals surface area contributed by atoms with Crippen molar-refractivity contribution in [3.05, 3.63) is 76.9 Å².